The molecule has 3 aromatic carbocycles. The van der Waals surface area contributed by atoms with Crippen molar-refractivity contribution in [3.63, 3.8) is 0 Å². The number of halogens is 1. The molecule has 0 saturated heterocycles. The number of aldehydes is 1. The fraction of sp³-hybridized carbons (Fsp3) is 0.345. The lowest BCUT2D eigenvalue weighted by atomic mass is 9.70. The number of fused-ring (bicyclic) bond motifs is 6. The number of hydrogen-bond acceptors (Lipinski definition) is 1. The van der Waals surface area contributed by atoms with Crippen molar-refractivity contribution in [1.29, 1.82) is 0 Å². The quantitative estimate of drug-likeness (QED) is 0.340. The van der Waals surface area contributed by atoms with Crippen LogP contribution in [0.4, 0.5) is 0 Å². The second kappa shape index (κ2) is 7.17. The summed E-state index contributed by atoms with van der Waals surface area (Å²) in [6, 6.07) is 18.1. The summed E-state index contributed by atoms with van der Waals surface area (Å²) in [7, 11) is 0. The second-order valence-corrected chi connectivity index (χ2v) is 10.1. The molecule has 158 valence electrons. The molecule has 0 atom stereocenters. The maximum Gasteiger partial charge on any atom is 0.150 e. The van der Waals surface area contributed by atoms with E-state index in [1.54, 1.807) is 0 Å². The van der Waals surface area contributed by atoms with Gasteiger partial charge in [0.2, 0.25) is 0 Å². The summed E-state index contributed by atoms with van der Waals surface area (Å²) in [6.45, 7) is 9.24. The highest BCUT2D eigenvalue weighted by atomic mass is 79.9. The summed E-state index contributed by atoms with van der Waals surface area (Å²) in [4.78, 5) is 11.6. The van der Waals surface area contributed by atoms with Gasteiger partial charge in [-0.15, -0.1) is 0 Å². The third kappa shape index (κ3) is 2.52. The van der Waals surface area contributed by atoms with E-state index >= 15 is 0 Å². The van der Waals surface area contributed by atoms with Crippen molar-refractivity contribution < 1.29 is 4.79 Å². The molecule has 0 radical (unpaired) electrons. The van der Waals surface area contributed by atoms with Crippen molar-refractivity contribution >= 4 is 22.2 Å². The minimum Gasteiger partial charge on any atom is -0.298 e. The number of benzene rings is 3. The molecule has 5 rings (SSSR count). The zero-order valence-electron chi connectivity index (χ0n) is 18.8. The molecule has 0 aromatic heterocycles. The fourth-order valence-electron chi connectivity index (χ4n) is 6.56. The highest BCUT2D eigenvalue weighted by Gasteiger charge is 2.46. The standard InChI is InChI=1S/C29H29BrO/c1-5-28(6-2)24-13-18(17-31)9-11-20(24)22-15-23-21-12-10-19(30)14-25(21)29(7-3,8-4)27(23)16-26(22)28/h9-17H,5-8H2,1-4H3. The Bertz CT molecular complexity index is 1210. The molecule has 2 aliphatic rings. The molecular formula is C29H29BrO. The van der Waals surface area contributed by atoms with Crippen molar-refractivity contribution in [1.82, 2.24) is 0 Å². The van der Waals surface area contributed by atoms with E-state index in [2.05, 4.69) is 86.1 Å². The van der Waals surface area contributed by atoms with E-state index in [1.165, 1.54) is 44.5 Å². The molecule has 0 amide bonds. The van der Waals surface area contributed by atoms with E-state index < -0.39 is 0 Å². The Labute approximate surface area is 194 Å². The normalized spacial score (nSPS) is 16.4. The van der Waals surface area contributed by atoms with Gasteiger partial charge in [0.05, 0.1) is 0 Å². The summed E-state index contributed by atoms with van der Waals surface area (Å²) in [5.74, 6) is 0. The van der Waals surface area contributed by atoms with Crippen LogP contribution in [-0.2, 0) is 10.8 Å². The Hall–Kier alpha value is -2.19. The number of rotatable bonds is 5. The zero-order chi connectivity index (χ0) is 22.0. The molecule has 0 aliphatic heterocycles. The fourth-order valence-corrected chi connectivity index (χ4v) is 6.93. The van der Waals surface area contributed by atoms with Gasteiger partial charge in [0, 0.05) is 20.9 Å². The number of hydrogen-bond donors (Lipinski definition) is 0. The zero-order valence-corrected chi connectivity index (χ0v) is 20.4. The molecule has 0 N–H and O–H groups in total. The molecule has 0 saturated carbocycles. The van der Waals surface area contributed by atoms with Crippen LogP contribution in [0.2, 0.25) is 0 Å². The van der Waals surface area contributed by atoms with Crippen molar-refractivity contribution in [3.8, 4) is 22.3 Å². The third-order valence-electron chi connectivity index (χ3n) is 8.38. The van der Waals surface area contributed by atoms with Crippen LogP contribution >= 0.6 is 15.9 Å². The van der Waals surface area contributed by atoms with Crippen LogP contribution in [0, 0.1) is 0 Å². The van der Waals surface area contributed by atoms with E-state index in [9.17, 15) is 4.79 Å². The summed E-state index contributed by atoms with van der Waals surface area (Å²) in [5.41, 5.74) is 11.9. The summed E-state index contributed by atoms with van der Waals surface area (Å²) in [5, 5.41) is 0. The molecule has 0 fully saturated rings. The Morgan fingerprint density at radius 3 is 1.65 bits per heavy atom. The Balaban J connectivity index is 1.87. The first-order valence-corrected chi connectivity index (χ1v) is 12.4. The van der Waals surface area contributed by atoms with Gasteiger partial charge < -0.3 is 0 Å². The van der Waals surface area contributed by atoms with Gasteiger partial charge in [-0.05, 0) is 94.5 Å². The lowest BCUT2D eigenvalue weighted by Crippen LogP contribution is -2.26. The van der Waals surface area contributed by atoms with Crippen LogP contribution in [0.15, 0.2) is 53.0 Å². The van der Waals surface area contributed by atoms with Crippen LogP contribution in [0.25, 0.3) is 22.3 Å². The first-order valence-electron chi connectivity index (χ1n) is 11.6. The summed E-state index contributed by atoms with van der Waals surface area (Å²) < 4.78 is 1.15. The monoisotopic (exact) mass is 472 g/mol. The molecular weight excluding hydrogens is 444 g/mol. The van der Waals surface area contributed by atoms with Crippen molar-refractivity contribution in [2.75, 3.05) is 0 Å². The van der Waals surface area contributed by atoms with Crippen molar-refractivity contribution in [2.24, 2.45) is 0 Å². The van der Waals surface area contributed by atoms with Crippen LogP contribution < -0.4 is 0 Å². The lowest BCUT2D eigenvalue weighted by Gasteiger charge is -2.33. The van der Waals surface area contributed by atoms with Crippen molar-refractivity contribution in [3.05, 3.63) is 80.8 Å². The van der Waals surface area contributed by atoms with Crippen LogP contribution in [0.3, 0.4) is 0 Å². The predicted molar refractivity (Wildman–Crippen MR) is 133 cm³/mol. The van der Waals surface area contributed by atoms with Gasteiger partial charge in [-0.3, -0.25) is 4.79 Å². The molecule has 0 heterocycles. The van der Waals surface area contributed by atoms with Gasteiger partial charge >= 0.3 is 0 Å². The molecule has 3 aromatic rings. The largest absolute Gasteiger partial charge is 0.298 e. The molecule has 1 nitrogen and oxygen atoms in total. The van der Waals surface area contributed by atoms with Gasteiger partial charge in [0.25, 0.3) is 0 Å². The van der Waals surface area contributed by atoms with Gasteiger partial charge in [0.15, 0.2) is 0 Å². The molecule has 2 aliphatic carbocycles. The lowest BCUT2D eigenvalue weighted by molar-refractivity contribution is 0.112. The Kier molecular flexibility index (Phi) is 4.79. The first kappa shape index (κ1) is 20.7. The van der Waals surface area contributed by atoms with E-state index in [-0.39, 0.29) is 10.8 Å². The average molecular weight is 473 g/mol. The van der Waals surface area contributed by atoms with Gasteiger partial charge in [-0.2, -0.15) is 0 Å². The van der Waals surface area contributed by atoms with E-state index in [0.29, 0.717) is 0 Å². The van der Waals surface area contributed by atoms with Crippen LogP contribution in [0.5, 0.6) is 0 Å². The number of carbonyl (C=O) groups is 1. The average Bonchev–Trinajstić information content (AvgIpc) is 3.23. The molecule has 0 bridgehead atoms. The Morgan fingerprint density at radius 2 is 1.13 bits per heavy atom. The second-order valence-electron chi connectivity index (χ2n) is 9.13. The van der Waals surface area contributed by atoms with Crippen LogP contribution in [-0.4, -0.2) is 6.29 Å². The summed E-state index contributed by atoms with van der Waals surface area (Å²) >= 11 is 3.72. The van der Waals surface area contributed by atoms with E-state index in [0.717, 1.165) is 42.0 Å². The SMILES string of the molecule is CCC1(CC)c2cc(Br)ccc2-c2cc3c(cc21)C(CC)(CC)c1cc(C=O)ccc1-3. The van der Waals surface area contributed by atoms with Gasteiger partial charge in [0.1, 0.15) is 6.29 Å². The van der Waals surface area contributed by atoms with Crippen LogP contribution in [0.1, 0.15) is 86.0 Å². The molecule has 2 heteroatoms. The van der Waals surface area contributed by atoms with Gasteiger partial charge in [-0.1, -0.05) is 67.9 Å². The molecule has 0 spiro atoms. The molecule has 0 unspecified atom stereocenters. The molecule has 31 heavy (non-hydrogen) atoms. The number of carbonyl (C=O) groups excluding carboxylic acids is 1. The minimum absolute atomic E-state index is 0.0265. The van der Waals surface area contributed by atoms with Crippen molar-refractivity contribution in [2.45, 2.75) is 64.2 Å². The van der Waals surface area contributed by atoms with E-state index in [4.69, 9.17) is 0 Å². The highest BCUT2D eigenvalue weighted by molar-refractivity contribution is 9.10. The minimum atomic E-state index is -0.0265. The first-order chi connectivity index (χ1) is 15.0. The highest BCUT2D eigenvalue weighted by Crippen LogP contribution is 2.59. The topological polar surface area (TPSA) is 17.1 Å². The maximum atomic E-state index is 11.6. The summed E-state index contributed by atoms with van der Waals surface area (Å²) in [6.07, 6.45) is 5.23. The van der Waals surface area contributed by atoms with Gasteiger partial charge in [-0.25, -0.2) is 0 Å². The predicted octanol–water partition coefficient (Wildman–Crippen LogP) is 8.43. The maximum absolute atomic E-state index is 11.6. The smallest absolute Gasteiger partial charge is 0.150 e. The third-order valence-corrected chi connectivity index (χ3v) is 8.87. The van der Waals surface area contributed by atoms with E-state index in [1.807, 2.05) is 6.07 Å². The Morgan fingerprint density at radius 1 is 0.645 bits per heavy atom.